The van der Waals surface area contributed by atoms with Crippen molar-refractivity contribution in [3.63, 3.8) is 0 Å². The molecule has 7 unspecified atom stereocenters. The third kappa shape index (κ3) is 6.09. The van der Waals surface area contributed by atoms with Crippen molar-refractivity contribution < 1.29 is 34.1 Å². The second-order valence-corrected chi connectivity index (χ2v) is 18.0. The van der Waals surface area contributed by atoms with E-state index in [1.54, 1.807) is 6.07 Å². The number of benzene rings is 2. The molecule has 4 saturated carbocycles. The lowest BCUT2D eigenvalue weighted by Crippen LogP contribution is -2.50. The summed E-state index contributed by atoms with van der Waals surface area (Å²) in [6.45, 7) is 3.95. The van der Waals surface area contributed by atoms with E-state index < -0.39 is 41.6 Å². The molecule has 8 rings (SSSR count). The van der Waals surface area contributed by atoms with Gasteiger partial charge in [-0.05, 0) is 159 Å². The standard InChI is InChI=1S/C46H54N2O7/c1-5-45(52)21-17-37-35-11-7-27-23-29(9-13-31(27)33(35)15-19-43(37,45)3)54-40(49)25-39(47)42(51)48-26-41(50)55-30-10-14-32-28(24-30)8-12-36-34(32)16-20-44(4)38(36)18-22-46(44,53)6-2/h1-2,9-10,13-14,23-24,33-39,52-53H,7-8,11-12,15-22,25-26,47H2,3-4H3,(H,48,51)/t33?,34?,35?,36?,37?,38?,39?,43-,44-,45-,46-/m0/s1. The number of amides is 1. The Morgan fingerprint density at radius 1 is 0.764 bits per heavy atom. The second kappa shape index (κ2) is 13.8. The number of ether oxygens (including phenoxy) is 2. The van der Waals surface area contributed by atoms with E-state index in [0.29, 0.717) is 59.8 Å². The molecule has 9 nitrogen and oxygen atoms in total. The largest absolute Gasteiger partial charge is 0.426 e. The van der Waals surface area contributed by atoms with Gasteiger partial charge in [0.25, 0.3) is 0 Å². The fraction of sp³-hybridized carbons (Fsp3) is 0.587. The number of nitrogens with two attached hydrogens (primary N) is 1. The van der Waals surface area contributed by atoms with Gasteiger partial charge >= 0.3 is 11.9 Å². The van der Waals surface area contributed by atoms with Crippen LogP contribution in [0.2, 0.25) is 0 Å². The summed E-state index contributed by atoms with van der Waals surface area (Å²) in [6.07, 6.45) is 21.9. The summed E-state index contributed by atoms with van der Waals surface area (Å²) < 4.78 is 11.2. The molecule has 5 N–H and O–H groups in total. The van der Waals surface area contributed by atoms with E-state index in [4.69, 9.17) is 28.1 Å². The van der Waals surface area contributed by atoms with Gasteiger partial charge in [0.15, 0.2) is 0 Å². The highest BCUT2D eigenvalue weighted by atomic mass is 16.5. The van der Waals surface area contributed by atoms with Gasteiger partial charge in [-0.3, -0.25) is 9.59 Å². The number of hydrogen-bond acceptors (Lipinski definition) is 8. The van der Waals surface area contributed by atoms with E-state index in [1.807, 2.05) is 18.2 Å². The van der Waals surface area contributed by atoms with E-state index in [0.717, 1.165) is 75.3 Å². The summed E-state index contributed by atoms with van der Waals surface area (Å²) in [5.41, 5.74) is 8.35. The average Bonchev–Trinajstić information content (AvgIpc) is 3.61. The number of carbonyl (C=O) groups excluding carboxylic acids is 3. The van der Waals surface area contributed by atoms with Crippen LogP contribution in [-0.2, 0) is 27.2 Å². The molecule has 0 heterocycles. The van der Waals surface area contributed by atoms with Gasteiger partial charge in [-0.15, -0.1) is 12.8 Å². The number of terminal acetylenes is 2. The van der Waals surface area contributed by atoms with Crippen molar-refractivity contribution >= 4 is 17.8 Å². The lowest BCUT2D eigenvalue weighted by molar-refractivity contribution is -0.138. The summed E-state index contributed by atoms with van der Waals surface area (Å²) in [6, 6.07) is 10.4. The minimum absolute atomic E-state index is 0.259. The second-order valence-electron chi connectivity index (χ2n) is 18.0. The Hall–Kier alpha value is -4.15. The maximum absolute atomic E-state index is 12.8. The molecule has 9 heteroatoms. The molecule has 0 aromatic heterocycles. The molecule has 6 aliphatic carbocycles. The average molecular weight is 747 g/mol. The zero-order chi connectivity index (χ0) is 38.9. The number of aliphatic hydroxyl groups is 2. The van der Waals surface area contributed by atoms with Crippen molar-refractivity contribution in [2.24, 2.45) is 40.2 Å². The Morgan fingerprint density at radius 3 is 1.71 bits per heavy atom. The predicted molar refractivity (Wildman–Crippen MR) is 207 cm³/mol. The first-order valence-corrected chi connectivity index (χ1v) is 20.3. The van der Waals surface area contributed by atoms with Gasteiger partial charge in [0.05, 0.1) is 12.5 Å². The van der Waals surface area contributed by atoms with Crippen molar-refractivity contribution in [2.75, 3.05) is 6.54 Å². The van der Waals surface area contributed by atoms with Crippen LogP contribution in [0.1, 0.15) is 119 Å². The number of fused-ring (bicyclic) bond motifs is 10. The molecule has 0 saturated heterocycles. The van der Waals surface area contributed by atoms with Gasteiger partial charge in [-0.2, -0.15) is 0 Å². The van der Waals surface area contributed by atoms with E-state index in [2.05, 4.69) is 43.1 Å². The van der Waals surface area contributed by atoms with Crippen molar-refractivity contribution in [3.8, 4) is 36.2 Å². The molecule has 1 amide bonds. The smallest absolute Gasteiger partial charge is 0.330 e. The van der Waals surface area contributed by atoms with Crippen LogP contribution in [0.3, 0.4) is 0 Å². The lowest BCUT2D eigenvalue weighted by Gasteiger charge is -2.52. The summed E-state index contributed by atoms with van der Waals surface area (Å²) in [5.74, 6) is 6.84. The maximum Gasteiger partial charge on any atom is 0.330 e. The molecule has 2 aromatic rings. The van der Waals surface area contributed by atoms with Crippen LogP contribution in [0.5, 0.6) is 11.5 Å². The summed E-state index contributed by atoms with van der Waals surface area (Å²) in [7, 11) is 0. The van der Waals surface area contributed by atoms with E-state index in [-0.39, 0.29) is 17.3 Å². The van der Waals surface area contributed by atoms with Crippen molar-refractivity contribution in [1.82, 2.24) is 5.32 Å². The molecule has 55 heavy (non-hydrogen) atoms. The number of aryl methyl sites for hydroxylation is 2. The Labute approximate surface area is 324 Å². The van der Waals surface area contributed by atoms with Crippen LogP contribution in [0.25, 0.3) is 0 Å². The first kappa shape index (κ1) is 37.8. The van der Waals surface area contributed by atoms with Crippen LogP contribution in [0.4, 0.5) is 0 Å². The Balaban J connectivity index is 0.808. The monoisotopic (exact) mass is 746 g/mol. The maximum atomic E-state index is 12.8. The molecular formula is C46H54N2O7. The molecular weight excluding hydrogens is 693 g/mol. The molecule has 2 aromatic carbocycles. The van der Waals surface area contributed by atoms with Gasteiger partial charge in [-0.1, -0.05) is 37.8 Å². The highest BCUT2D eigenvalue weighted by Gasteiger charge is 2.62. The highest BCUT2D eigenvalue weighted by Crippen LogP contribution is 2.65. The summed E-state index contributed by atoms with van der Waals surface area (Å²) in [4.78, 5) is 38.3. The fourth-order valence-corrected chi connectivity index (χ4v) is 12.7. The molecule has 0 spiro atoms. The Bertz CT molecular complexity index is 2000. The minimum Gasteiger partial charge on any atom is -0.426 e. The zero-order valence-corrected chi connectivity index (χ0v) is 32.1. The number of esters is 2. The minimum atomic E-state index is -1.20. The third-order valence-electron chi connectivity index (χ3n) is 15.8. The molecule has 6 aliphatic rings. The first-order chi connectivity index (χ1) is 26.2. The van der Waals surface area contributed by atoms with Crippen LogP contribution < -0.4 is 20.5 Å². The highest BCUT2D eigenvalue weighted by molar-refractivity contribution is 5.89. The van der Waals surface area contributed by atoms with Crippen molar-refractivity contribution in [3.05, 3.63) is 58.7 Å². The number of rotatable bonds is 7. The van der Waals surface area contributed by atoms with Crippen LogP contribution >= 0.6 is 0 Å². The van der Waals surface area contributed by atoms with E-state index in [9.17, 15) is 24.6 Å². The molecule has 0 bridgehead atoms. The normalized spacial score (nSPS) is 37.2. The van der Waals surface area contributed by atoms with Gasteiger partial charge in [0.1, 0.15) is 29.2 Å². The Morgan fingerprint density at radius 2 is 1.24 bits per heavy atom. The number of carbonyl (C=O) groups is 3. The van der Waals surface area contributed by atoms with Crippen LogP contribution in [0, 0.1) is 59.2 Å². The van der Waals surface area contributed by atoms with E-state index in [1.165, 1.54) is 11.1 Å². The van der Waals surface area contributed by atoms with E-state index >= 15 is 0 Å². The molecule has 0 aliphatic heterocycles. The topological polar surface area (TPSA) is 148 Å². The van der Waals surface area contributed by atoms with Gasteiger partial charge in [0, 0.05) is 10.8 Å². The summed E-state index contributed by atoms with van der Waals surface area (Å²) >= 11 is 0. The van der Waals surface area contributed by atoms with Crippen LogP contribution in [0.15, 0.2) is 36.4 Å². The number of hydrogen-bond donors (Lipinski definition) is 4. The van der Waals surface area contributed by atoms with Crippen LogP contribution in [-0.4, -0.2) is 51.8 Å². The zero-order valence-electron chi connectivity index (χ0n) is 32.1. The van der Waals surface area contributed by atoms with Crippen molar-refractivity contribution in [2.45, 2.75) is 126 Å². The third-order valence-corrected chi connectivity index (χ3v) is 15.8. The fourth-order valence-electron chi connectivity index (χ4n) is 12.7. The quantitative estimate of drug-likeness (QED) is 0.166. The molecule has 290 valence electrons. The molecule has 0 radical (unpaired) electrons. The SMILES string of the molecule is C#C[C@]1(O)CCC2C3CCc4cc(OC(=O)CNC(=O)C(N)CC(=O)Oc5ccc6c(c5)CCC5C6CC[C@@]6(C)C5CC[C@@]6(O)C#C)ccc4C3CC[C@@]21C. The van der Waals surface area contributed by atoms with Gasteiger partial charge in [-0.25, -0.2) is 4.79 Å². The first-order valence-electron chi connectivity index (χ1n) is 20.3. The number of nitrogens with one attached hydrogen (secondary N) is 1. The summed E-state index contributed by atoms with van der Waals surface area (Å²) in [5, 5.41) is 24.9. The lowest BCUT2D eigenvalue weighted by atomic mass is 9.53. The van der Waals surface area contributed by atoms with Gasteiger partial charge < -0.3 is 30.7 Å². The predicted octanol–water partition coefficient (Wildman–Crippen LogP) is 5.47. The molecule has 4 fully saturated rings. The molecule has 11 atom stereocenters. The van der Waals surface area contributed by atoms with Gasteiger partial charge in [0.2, 0.25) is 5.91 Å². The van der Waals surface area contributed by atoms with Crippen molar-refractivity contribution in [1.29, 1.82) is 0 Å². The Kier molecular flexibility index (Phi) is 9.47.